The van der Waals surface area contributed by atoms with Crippen molar-refractivity contribution in [2.75, 3.05) is 6.54 Å². The number of carbonyl (C=O) groups is 3. The Balaban J connectivity index is 1.93. The van der Waals surface area contributed by atoms with Crippen LogP contribution in [0.5, 0.6) is 0 Å². The number of amides is 4. The summed E-state index contributed by atoms with van der Waals surface area (Å²) in [6.07, 6.45) is 1.36. The van der Waals surface area contributed by atoms with E-state index in [0.29, 0.717) is 11.4 Å². The standard InChI is InChI=1S/C16H20ClN3O3/c1-3-4-13-15(22)20(16(23)19-13)9-14(21)18-10(2)11-5-7-12(17)8-6-11/h5-8,10,13H,3-4,9H2,1-2H3,(H,18,21)(H,19,23). The molecule has 2 N–H and O–H groups in total. The lowest BCUT2D eigenvalue weighted by Gasteiger charge is -2.17. The first-order chi connectivity index (χ1) is 10.9. The highest BCUT2D eigenvalue weighted by molar-refractivity contribution is 6.30. The second kappa shape index (κ2) is 7.46. The van der Waals surface area contributed by atoms with E-state index < -0.39 is 12.1 Å². The van der Waals surface area contributed by atoms with Gasteiger partial charge < -0.3 is 10.6 Å². The minimum Gasteiger partial charge on any atom is -0.348 e. The zero-order valence-electron chi connectivity index (χ0n) is 13.1. The van der Waals surface area contributed by atoms with Crippen molar-refractivity contribution in [2.45, 2.75) is 38.8 Å². The van der Waals surface area contributed by atoms with Gasteiger partial charge in [-0.05, 0) is 31.0 Å². The van der Waals surface area contributed by atoms with Crippen LogP contribution in [-0.2, 0) is 9.59 Å². The lowest BCUT2D eigenvalue weighted by atomic mass is 10.1. The van der Waals surface area contributed by atoms with Crippen molar-refractivity contribution < 1.29 is 14.4 Å². The van der Waals surface area contributed by atoms with Crippen molar-refractivity contribution in [2.24, 2.45) is 0 Å². The van der Waals surface area contributed by atoms with Gasteiger partial charge in [0.2, 0.25) is 5.91 Å². The molecule has 2 atom stereocenters. The fourth-order valence-corrected chi connectivity index (χ4v) is 2.60. The first kappa shape index (κ1) is 17.3. The molecule has 1 fully saturated rings. The normalized spacial score (nSPS) is 18.7. The molecule has 7 heteroatoms. The van der Waals surface area contributed by atoms with E-state index in [1.165, 1.54) is 0 Å². The molecule has 2 unspecified atom stereocenters. The van der Waals surface area contributed by atoms with Gasteiger partial charge in [-0.15, -0.1) is 0 Å². The molecular weight excluding hydrogens is 318 g/mol. The minimum absolute atomic E-state index is 0.244. The van der Waals surface area contributed by atoms with E-state index in [1.54, 1.807) is 12.1 Å². The molecule has 0 spiro atoms. The molecule has 124 valence electrons. The maximum atomic E-state index is 12.1. The summed E-state index contributed by atoms with van der Waals surface area (Å²) in [6, 6.07) is 5.85. The summed E-state index contributed by atoms with van der Waals surface area (Å²) >= 11 is 5.83. The molecule has 0 saturated carbocycles. The van der Waals surface area contributed by atoms with E-state index in [9.17, 15) is 14.4 Å². The third-order valence-electron chi connectivity index (χ3n) is 3.73. The van der Waals surface area contributed by atoms with E-state index in [4.69, 9.17) is 11.6 Å². The van der Waals surface area contributed by atoms with Crippen molar-refractivity contribution in [1.82, 2.24) is 15.5 Å². The van der Waals surface area contributed by atoms with Crippen LogP contribution in [0.1, 0.15) is 38.3 Å². The molecule has 1 aromatic rings. The van der Waals surface area contributed by atoms with Crippen LogP contribution in [0.4, 0.5) is 4.79 Å². The number of halogens is 1. The minimum atomic E-state index is -0.519. The van der Waals surface area contributed by atoms with Gasteiger partial charge in [0.05, 0.1) is 6.04 Å². The molecule has 1 aliphatic rings. The van der Waals surface area contributed by atoms with E-state index >= 15 is 0 Å². The molecule has 4 amide bonds. The molecule has 1 aromatic carbocycles. The van der Waals surface area contributed by atoms with Gasteiger partial charge in [0.25, 0.3) is 5.91 Å². The van der Waals surface area contributed by atoms with Gasteiger partial charge in [0.15, 0.2) is 0 Å². The van der Waals surface area contributed by atoms with Gasteiger partial charge in [0.1, 0.15) is 12.6 Å². The van der Waals surface area contributed by atoms with Crippen LogP contribution in [0.25, 0.3) is 0 Å². The Labute approximate surface area is 140 Å². The lowest BCUT2D eigenvalue weighted by Crippen LogP contribution is -2.41. The molecule has 1 aliphatic heterocycles. The summed E-state index contributed by atoms with van der Waals surface area (Å²) in [4.78, 5) is 36.9. The van der Waals surface area contributed by atoms with Crippen molar-refractivity contribution in [3.8, 4) is 0 Å². The number of hydrogen-bond acceptors (Lipinski definition) is 3. The average molecular weight is 338 g/mol. The third kappa shape index (κ3) is 4.22. The molecule has 2 rings (SSSR count). The van der Waals surface area contributed by atoms with E-state index in [0.717, 1.165) is 16.9 Å². The highest BCUT2D eigenvalue weighted by Gasteiger charge is 2.38. The fraction of sp³-hybridized carbons (Fsp3) is 0.438. The highest BCUT2D eigenvalue weighted by atomic mass is 35.5. The number of nitrogens with zero attached hydrogens (tertiary/aromatic N) is 1. The topological polar surface area (TPSA) is 78.5 Å². The van der Waals surface area contributed by atoms with Gasteiger partial charge in [-0.3, -0.25) is 14.5 Å². The molecule has 0 aromatic heterocycles. The van der Waals surface area contributed by atoms with E-state index in [2.05, 4.69) is 10.6 Å². The first-order valence-corrected chi connectivity index (χ1v) is 7.97. The fourth-order valence-electron chi connectivity index (χ4n) is 2.48. The molecule has 0 aliphatic carbocycles. The largest absolute Gasteiger partial charge is 0.348 e. The first-order valence-electron chi connectivity index (χ1n) is 7.59. The van der Waals surface area contributed by atoms with E-state index in [1.807, 2.05) is 26.0 Å². The Morgan fingerprint density at radius 1 is 1.35 bits per heavy atom. The van der Waals surface area contributed by atoms with Crippen LogP contribution in [0.3, 0.4) is 0 Å². The van der Waals surface area contributed by atoms with Crippen LogP contribution in [0.2, 0.25) is 5.02 Å². The van der Waals surface area contributed by atoms with Crippen LogP contribution in [-0.4, -0.2) is 35.3 Å². The summed E-state index contributed by atoms with van der Waals surface area (Å²) in [5.41, 5.74) is 0.892. The Morgan fingerprint density at radius 3 is 2.61 bits per heavy atom. The maximum Gasteiger partial charge on any atom is 0.325 e. The summed E-state index contributed by atoms with van der Waals surface area (Å²) < 4.78 is 0. The molecule has 1 saturated heterocycles. The van der Waals surface area contributed by atoms with Crippen LogP contribution < -0.4 is 10.6 Å². The van der Waals surface area contributed by atoms with Crippen LogP contribution in [0, 0.1) is 0 Å². The molecule has 6 nitrogen and oxygen atoms in total. The zero-order valence-corrected chi connectivity index (χ0v) is 13.9. The second-order valence-electron chi connectivity index (χ2n) is 5.56. The lowest BCUT2D eigenvalue weighted by molar-refractivity contribution is -0.132. The Morgan fingerprint density at radius 2 is 2.00 bits per heavy atom. The monoisotopic (exact) mass is 337 g/mol. The van der Waals surface area contributed by atoms with Gasteiger partial charge in [0, 0.05) is 5.02 Å². The molecule has 0 bridgehead atoms. The summed E-state index contributed by atoms with van der Waals surface area (Å²) in [5.74, 6) is -0.723. The zero-order chi connectivity index (χ0) is 17.0. The summed E-state index contributed by atoms with van der Waals surface area (Å²) in [5, 5.41) is 5.99. The quantitative estimate of drug-likeness (QED) is 0.781. The number of rotatable bonds is 6. The SMILES string of the molecule is CCCC1NC(=O)N(CC(=O)NC(C)c2ccc(Cl)cc2)C1=O. The van der Waals surface area contributed by atoms with Gasteiger partial charge >= 0.3 is 6.03 Å². The van der Waals surface area contributed by atoms with Crippen molar-refractivity contribution in [3.63, 3.8) is 0 Å². The molecule has 23 heavy (non-hydrogen) atoms. The predicted molar refractivity (Wildman–Crippen MR) is 87.0 cm³/mol. The van der Waals surface area contributed by atoms with Crippen molar-refractivity contribution >= 4 is 29.4 Å². The summed E-state index contributed by atoms with van der Waals surface area (Å²) in [7, 11) is 0. The van der Waals surface area contributed by atoms with Gasteiger partial charge in [-0.2, -0.15) is 0 Å². The molecule has 1 heterocycles. The Kier molecular flexibility index (Phi) is 5.60. The maximum absolute atomic E-state index is 12.1. The molecule has 0 radical (unpaired) electrons. The Hall–Kier alpha value is -2.08. The number of carbonyl (C=O) groups excluding carboxylic acids is 3. The van der Waals surface area contributed by atoms with Crippen LogP contribution >= 0.6 is 11.6 Å². The number of imide groups is 1. The smallest absolute Gasteiger partial charge is 0.325 e. The van der Waals surface area contributed by atoms with Crippen molar-refractivity contribution in [3.05, 3.63) is 34.9 Å². The van der Waals surface area contributed by atoms with Crippen molar-refractivity contribution in [1.29, 1.82) is 0 Å². The third-order valence-corrected chi connectivity index (χ3v) is 3.99. The number of nitrogens with one attached hydrogen (secondary N) is 2. The highest BCUT2D eigenvalue weighted by Crippen LogP contribution is 2.16. The Bertz CT molecular complexity index is 603. The predicted octanol–water partition coefficient (Wildman–Crippen LogP) is 2.24. The van der Waals surface area contributed by atoms with E-state index in [-0.39, 0.29) is 24.4 Å². The second-order valence-corrected chi connectivity index (χ2v) is 5.99. The molecular formula is C16H20ClN3O3. The van der Waals surface area contributed by atoms with Crippen LogP contribution in [0.15, 0.2) is 24.3 Å². The number of benzene rings is 1. The average Bonchev–Trinajstić information content (AvgIpc) is 2.76. The number of urea groups is 1. The number of hydrogen-bond donors (Lipinski definition) is 2. The van der Waals surface area contributed by atoms with Gasteiger partial charge in [-0.1, -0.05) is 37.1 Å². The summed E-state index contributed by atoms with van der Waals surface area (Å²) in [6.45, 7) is 3.48. The van der Waals surface area contributed by atoms with Gasteiger partial charge in [-0.25, -0.2) is 4.79 Å².